The Bertz CT molecular complexity index is 678. The number of benzene rings is 2. The van der Waals surface area contributed by atoms with Crippen LogP contribution in [0.2, 0.25) is 10.0 Å². The maximum Gasteiger partial charge on any atom is 0.0644 e. The van der Waals surface area contributed by atoms with Gasteiger partial charge in [0.15, 0.2) is 0 Å². The predicted octanol–water partition coefficient (Wildman–Crippen LogP) is 5.80. The molecule has 0 aromatic heterocycles. The molecule has 0 atom stereocenters. The van der Waals surface area contributed by atoms with Crippen LogP contribution in [-0.4, -0.2) is 5.71 Å². The van der Waals surface area contributed by atoms with Crippen LogP contribution in [-0.2, 0) is 12.0 Å². The van der Waals surface area contributed by atoms with E-state index in [0.29, 0.717) is 16.6 Å². The lowest BCUT2D eigenvalue weighted by atomic mass is 9.86. The lowest BCUT2D eigenvalue weighted by molar-refractivity contribution is 0.590. The molecule has 0 saturated heterocycles. The molecular weight excluding hydrogens is 327 g/mol. The first-order valence-electron chi connectivity index (χ1n) is 7.60. The number of halogens is 2. The van der Waals surface area contributed by atoms with Crippen molar-refractivity contribution in [1.29, 1.82) is 0 Å². The van der Waals surface area contributed by atoms with E-state index < -0.39 is 0 Å². The summed E-state index contributed by atoms with van der Waals surface area (Å²) in [4.78, 5) is 0. The van der Waals surface area contributed by atoms with Crippen molar-refractivity contribution < 1.29 is 0 Å². The molecule has 0 aliphatic heterocycles. The molecule has 0 radical (unpaired) electrons. The highest BCUT2D eigenvalue weighted by atomic mass is 35.5. The lowest BCUT2D eigenvalue weighted by Crippen LogP contribution is -2.12. The Balaban J connectivity index is 2.06. The number of hydrogen-bond donors (Lipinski definition) is 1. The van der Waals surface area contributed by atoms with Crippen LogP contribution in [0.25, 0.3) is 0 Å². The van der Waals surface area contributed by atoms with Gasteiger partial charge in [0, 0.05) is 15.6 Å². The maximum atomic E-state index is 6.15. The predicted molar refractivity (Wildman–Crippen MR) is 101 cm³/mol. The molecule has 2 aromatic carbocycles. The molecule has 122 valence electrons. The minimum absolute atomic E-state index is 0.155. The van der Waals surface area contributed by atoms with E-state index >= 15 is 0 Å². The smallest absolute Gasteiger partial charge is 0.0644 e. The van der Waals surface area contributed by atoms with E-state index in [1.807, 2.05) is 25.1 Å². The molecule has 0 fully saturated rings. The molecule has 2 nitrogen and oxygen atoms in total. The van der Waals surface area contributed by atoms with Crippen LogP contribution >= 0.6 is 23.2 Å². The van der Waals surface area contributed by atoms with Crippen LogP contribution in [0.15, 0.2) is 47.6 Å². The molecular formula is C19H22Cl2N2. The molecule has 0 unspecified atom stereocenters. The Hall–Kier alpha value is -1.51. The normalized spacial score (nSPS) is 12.3. The number of nitrogens with one attached hydrogen (secondary N) is 1. The molecule has 0 aliphatic carbocycles. The lowest BCUT2D eigenvalue weighted by Gasteiger charge is -2.19. The van der Waals surface area contributed by atoms with Crippen LogP contribution in [0.4, 0.5) is 0 Å². The number of hydrazone groups is 1. The van der Waals surface area contributed by atoms with E-state index in [1.54, 1.807) is 0 Å². The fraction of sp³-hybridized carbons (Fsp3) is 0.316. The van der Waals surface area contributed by atoms with Gasteiger partial charge >= 0.3 is 0 Å². The molecule has 0 heterocycles. The number of nitrogens with zero attached hydrogens (tertiary/aromatic N) is 1. The van der Waals surface area contributed by atoms with Crippen LogP contribution in [0.3, 0.4) is 0 Å². The van der Waals surface area contributed by atoms with Gasteiger partial charge < -0.3 is 5.43 Å². The van der Waals surface area contributed by atoms with Gasteiger partial charge in [0.25, 0.3) is 0 Å². The van der Waals surface area contributed by atoms with Gasteiger partial charge in [-0.25, -0.2) is 0 Å². The van der Waals surface area contributed by atoms with Gasteiger partial charge in [0.2, 0.25) is 0 Å². The summed E-state index contributed by atoms with van der Waals surface area (Å²) in [5, 5.41) is 5.70. The van der Waals surface area contributed by atoms with Gasteiger partial charge in [-0.3, -0.25) is 0 Å². The van der Waals surface area contributed by atoms with Crippen molar-refractivity contribution in [2.24, 2.45) is 5.10 Å². The topological polar surface area (TPSA) is 24.4 Å². The summed E-state index contributed by atoms with van der Waals surface area (Å²) in [6.07, 6.45) is 0. The zero-order valence-corrected chi connectivity index (χ0v) is 15.5. The van der Waals surface area contributed by atoms with Crippen molar-refractivity contribution in [1.82, 2.24) is 5.43 Å². The third-order valence-corrected chi connectivity index (χ3v) is 4.44. The molecule has 0 bridgehead atoms. The summed E-state index contributed by atoms with van der Waals surface area (Å²) in [6.45, 7) is 9.09. The average Bonchev–Trinajstić information content (AvgIpc) is 2.49. The second kappa shape index (κ2) is 7.37. The van der Waals surface area contributed by atoms with Gasteiger partial charge in [0.1, 0.15) is 0 Å². The Kier molecular flexibility index (Phi) is 5.72. The van der Waals surface area contributed by atoms with Crippen molar-refractivity contribution in [2.75, 3.05) is 0 Å². The van der Waals surface area contributed by atoms with Crippen LogP contribution in [0.5, 0.6) is 0 Å². The van der Waals surface area contributed by atoms with Crippen LogP contribution in [0, 0.1) is 0 Å². The third-order valence-electron chi connectivity index (χ3n) is 3.73. The third kappa shape index (κ3) is 4.73. The van der Waals surface area contributed by atoms with E-state index in [2.05, 4.69) is 55.6 Å². The largest absolute Gasteiger partial charge is 0.305 e. The summed E-state index contributed by atoms with van der Waals surface area (Å²) in [5.41, 5.74) is 7.39. The summed E-state index contributed by atoms with van der Waals surface area (Å²) < 4.78 is 0. The van der Waals surface area contributed by atoms with E-state index in [0.717, 1.165) is 16.8 Å². The molecule has 4 heteroatoms. The molecule has 23 heavy (non-hydrogen) atoms. The van der Waals surface area contributed by atoms with E-state index in [-0.39, 0.29) is 5.41 Å². The zero-order chi connectivity index (χ0) is 17.0. The van der Waals surface area contributed by atoms with E-state index in [9.17, 15) is 0 Å². The molecule has 2 rings (SSSR count). The Morgan fingerprint density at radius 3 is 2.09 bits per heavy atom. The van der Waals surface area contributed by atoms with Crippen LogP contribution < -0.4 is 5.43 Å². The monoisotopic (exact) mass is 348 g/mol. The van der Waals surface area contributed by atoms with Crippen molar-refractivity contribution in [2.45, 2.75) is 39.7 Å². The van der Waals surface area contributed by atoms with Crippen LogP contribution in [0.1, 0.15) is 44.4 Å². The first kappa shape index (κ1) is 17.8. The molecule has 0 saturated carbocycles. The van der Waals surface area contributed by atoms with Crippen molar-refractivity contribution in [3.63, 3.8) is 0 Å². The fourth-order valence-electron chi connectivity index (χ4n) is 2.21. The minimum atomic E-state index is 0.155. The second-order valence-corrected chi connectivity index (χ2v) is 7.37. The second-order valence-electron chi connectivity index (χ2n) is 6.56. The summed E-state index contributed by atoms with van der Waals surface area (Å²) in [7, 11) is 0. The SMILES string of the molecule is C/C(=N\NCc1c(Cl)cccc1Cl)c1ccc(C(C)(C)C)cc1. The Morgan fingerprint density at radius 2 is 1.57 bits per heavy atom. The van der Waals surface area contributed by atoms with Gasteiger partial charge in [0.05, 0.1) is 12.3 Å². The molecule has 1 N–H and O–H groups in total. The molecule has 0 spiro atoms. The van der Waals surface area contributed by atoms with E-state index in [1.165, 1.54) is 5.56 Å². The average molecular weight is 349 g/mol. The highest BCUT2D eigenvalue weighted by Gasteiger charge is 2.13. The quantitative estimate of drug-likeness (QED) is 0.547. The van der Waals surface area contributed by atoms with Gasteiger partial charge in [-0.2, -0.15) is 5.10 Å². The molecule has 0 aliphatic rings. The number of hydrogen-bond acceptors (Lipinski definition) is 2. The first-order valence-corrected chi connectivity index (χ1v) is 8.35. The highest BCUT2D eigenvalue weighted by Crippen LogP contribution is 2.24. The Labute approximate surface area is 148 Å². The zero-order valence-electron chi connectivity index (χ0n) is 14.0. The Morgan fingerprint density at radius 1 is 1.00 bits per heavy atom. The van der Waals surface area contributed by atoms with Gasteiger partial charge in [-0.05, 0) is 35.6 Å². The minimum Gasteiger partial charge on any atom is -0.305 e. The highest BCUT2D eigenvalue weighted by molar-refractivity contribution is 6.35. The summed E-state index contributed by atoms with van der Waals surface area (Å²) in [5.74, 6) is 0. The fourth-order valence-corrected chi connectivity index (χ4v) is 2.75. The maximum absolute atomic E-state index is 6.15. The van der Waals surface area contributed by atoms with E-state index in [4.69, 9.17) is 23.2 Å². The number of rotatable bonds is 4. The summed E-state index contributed by atoms with van der Waals surface area (Å²) in [6, 6.07) is 14.0. The van der Waals surface area contributed by atoms with Gasteiger partial charge in [-0.15, -0.1) is 0 Å². The van der Waals surface area contributed by atoms with Crippen molar-refractivity contribution in [3.05, 3.63) is 69.2 Å². The van der Waals surface area contributed by atoms with Gasteiger partial charge in [-0.1, -0.05) is 74.3 Å². The van der Waals surface area contributed by atoms with Crippen molar-refractivity contribution >= 4 is 28.9 Å². The first-order chi connectivity index (χ1) is 10.8. The molecule has 2 aromatic rings. The standard InChI is InChI=1S/C19H22Cl2N2/c1-13(14-8-10-15(11-9-14)19(2,3)4)23-22-12-16-17(20)6-5-7-18(16)21/h5-11,22H,12H2,1-4H3/b23-13+. The molecule has 0 amide bonds. The van der Waals surface area contributed by atoms with Crippen molar-refractivity contribution in [3.8, 4) is 0 Å². The summed E-state index contributed by atoms with van der Waals surface area (Å²) >= 11 is 12.3.